The number of rotatable bonds is 3. The van der Waals surface area contributed by atoms with E-state index in [1.807, 2.05) is 24.3 Å². The fourth-order valence-electron chi connectivity index (χ4n) is 1.71. The summed E-state index contributed by atoms with van der Waals surface area (Å²) in [6.45, 7) is 2.06. The molecule has 0 spiro atoms. The summed E-state index contributed by atoms with van der Waals surface area (Å²) in [5.41, 5.74) is 6.26. The van der Waals surface area contributed by atoms with E-state index in [4.69, 9.17) is 5.21 Å². The molecule has 0 radical (unpaired) electrons. The molecule has 0 aliphatic rings. The van der Waals surface area contributed by atoms with Crippen LogP contribution >= 0.6 is 0 Å². The first-order chi connectivity index (χ1) is 7.85. The van der Waals surface area contributed by atoms with Crippen LogP contribution in [0, 0.1) is 0 Å². The maximum absolute atomic E-state index is 9.06. The minimum atomic E-state index is 0.761. The van der Waals surface area contributed by atoms with Crippen molar-refractivity contribution in [2.45, 2.75) is 13.3 Å². The molecule has 16 heavy (non-hydrogen) atoms. The van der Waals surface area contributed by atoms with Gasteiger partial charge in [0.05, 0.1) is 5.69 Å². The molecule has 3 nitrogen and oxygen atoms in total. The second-order valence-corrected chi connectivity index (χ2v) is 3.57. The van der Waals surface area contributed by atoms with Gasteiger partial charge in [0.2, 0.25) is 0 Å². The van der Waals surface area contributed by atoms with Gasteiger partial charge in [0.1, 0.15) is 0 Å². The smallest absolute Gasteiger partial charge is 0.0640 e. The number of hydrogen-bond donors (Lipinski definition) is 2. The summed E-state index contributed by atoms with van der Waals surface area (Å²) in [7, 11) is 0. The summed E-state index contributed by atoms with van der Waals surface area (Å²) in [5, 5.41) is 9.06. The molecule has 0 bridgehead atoms. The normalized spacial score (nSPS) is 10.1. The van der Waals surface area contributed by atoms with Crippen molar-refractivity contribution in [2.75, 3.05) is 5.48 Å². The van der Waals surface area contributed by atoms with E-state index in [9.17, 15) is 0 Å². The maximum atomic E-state index is 9.06. The number of anilines is 1. The Morgan fingerprint density at radius 2 is 1.88 bits per heavy atom. The van der Waals surface area contributed by atoms with E-state index >= 15 is 0 Å². The zero-order chi connectivity index (χ0) is 11.4. The highest BCUT2D eigenvalue weighted by Crippen LogP contribution is 2.25. The summed E-state index contributed by atoms with van der Waals surface area (Å²) >= 11 is 0. The first-order valence-electron chi connectivity index (χ1n) is 5.28. The molecule has 82 valence electrons. The van der Waals surface area contributed by atoms with Crippen molar-refractivity contribution in [3.05, 3.63) is 48.3 Å². The third kappa shape index (κ3) is 2.04. The van der Waals surface area contributed by atoms with Gasteiger partial charge in [-0.05, 0) is 41.3 Å². The van der Waals surface area contributed by atoms with E-state index in [-0.39, 0.29) is 0 Å². The Bertz CT molecular complexity index is 469. The van der Waals surface area contributed by atoms with Gasteiger partial charge in [-0.3, -0.25) is 15.7 Å². The van der Waals surface area contributed by atoms with Crippen molar-refractivity contribution < 1.29 is 5.21 Å². The zero-order valence-electron chi connectivity index (χ0n) is 9.14. The van der Waals surface area contributed by atoms with Crippen LogP contribution in [0.3, 0.4) is 0 Å². The third-order valence-corrected chi connectivity index (χ3v) is 2.62. The monoisotopic (exact) mass is 214 g/mol. The quantitative estimate of drug-likeness (QED) is 0.771. The lowest BCUT2D eigenvalue weighted by molar-refractivity contribution is 0.388. The predicted octanol–water partition coefficient (Wildman–Crippen LogP) is 3.11. The first-order valence-corrected chi connectivity index (χ1v) is 5.28. The van der Waals surface area contributed by atoms with Gasteiger partial charge in [0.25, 0.3) is 0 Å². The molecule has 0 aliphatic heterocycles. The van der Waals surface area contributed by atoms with E-state index in [1.54, 1.807) is 12.4 Å². The third-order valence-electron chi connectivity index (χ3n) is 2.62. The van der Waals surface area contributed by atoms with E-state index in [1.165, 1.54) is 0 Å². The molecule has 2 aromatic rings. The second-order valence-electron chi connectivity index (χ2n) is 3.57. The highest BCUT2D eigenvalue weighted by atomic mass is 16.5. The van der Waals surface area contributed by atoms with Crippen molar-refractivity contribution in [3.63, 3.8) is 0 Å². The topological polar surface area (TPSA) is 45.2 Å². The number of pyridine rings is 1. The van der Waals surface area contributed by atoms with Crippen LogP contribution in [0.15, 0.2) is 42.7 Å². The van der Waals surface area contributed by atoms with Crippen LogP contribution in [0.4, 0.5) is 5.69 Å². The molecule has 0 saturated heterocycles. The van der Waals surface area contributed by atoms with Gasteiger partial charge in [0.15, 0.2) is 0 Å². The standard InChI is InChI=1S/C13H14N2O/c1-2-10-3-4-12(9-13(10)15-16)11-5-7-14-8-6-11/h3-9,15-16H,2H2,1H3. The lowest BCUT2D eigenvalue weighted by atomic mass is 10.0. The molecule has 1 heterocycles. The molecule has 3 heteroatoms. The molecule has 2 rings (SSSR count). The zero-order valence-corrected chi connectivity index (χ0v) is 9.14. The minimum absolute atomic E-state index is 0.761. The molecule has 0 unspecified atom stereocenters. The lowest BCUT2D eigenvalue weighted by Gasteiger charge is -2.09. The van der Waals surface area contributed by atoms with Crippen LogP contribution in [0.25, 0.3) is 11.1 Å². The van der Waals surface area contributed by atoms with Gasteiger partial charge in [0, 0.05) is 12.4 Å². The molecule has 0 saturated carbocycles. The number of nitrogens with zero attached hydrogens (tertiary/aromatic N) is 1. The summed E-state index contributed by atoms with van der Waals surface area (Å²) in [5.74, 6) is 0. The van der Waals surface area contributed by atoms with Crippen LogP contribution in [0.1, 0.15) is 12.5 Å². The van der Waals surface area contributed by atoms with Crippen LogP contribution < -0.4 is 5.48 Å². The van der Waals surface area contributed by atoms with Crippen molar-refractivity contribution in [2.24, 2.45) is 0 Å². The van der Waals surface area contributed by atoms with Crippen LogP contribution in [0.5, 0.6) is 0 Å². The van der Waals surface area contributed by atoms with Crippen LogP contribution in [0.2, 0.25) is 0 Å². The molecule has 1 aromatic heterocycles. The Kier molecular flexibility index (Phi) is 3.17. The van der Waals surface area contributed by atoms with Gasteiger partial charge >= 0.3 is 0 Å². The lowest BCUT2D eigenvalue weighted by Crippen LogP contribution is -1.95. The van der Waals surface area contributed by atoms with Gasteiger partial charge in [-0.1, -0.05) is 19.1 Å². The SMILES string of the molecule is CCc1ccc(-c2ccncc2)cc1NO. The predicted molar refractivity (Wildman–Crippen MR) is 64.5 cm³/mol. The molecular weight excluding hydrogens is 200 g/mol. The Morgan fingerprint density at radius 3 is 2.50 bits per heavy atom. The fourth-order valence-corrected chi connectivity index (χ4v) is 1.71. The Labute approximate surface area is 94.7 Å². The number of aryl methyl sites for hydroxylation is 1. The molecule has 2 N–H and O–H groups in total. The highest BCUT2D eigenvalue weighted by molar-refractivity contribution is 5.69. The van der Waals surface area contributed by atoms with Crippen molar-refractivity contribution >= 4 is 5.69 Å². The molecule has 0 aliphatic carbocycles. The molecule has 0 atom stereocenters. The van der Waals surface area contributed by atoms with Gasteiger partial charge < -0.3 is 0 Å². The fraction of sp³-hybridized carbons (Fsp3) is 0.154. The summed E-state index contributed by atoms with van der Waals surface area (Å²) in [4.78, 5) is 3.98. The second kappa shape index (κ2) is 4.77. The first kappa shape index (κ1) is 10.6. The average Bonchev–Trinajstić information content (AvgIpc) is 2.39. The van der Waals surface area contributed by atoms with Crippen molar-refractivity contribution in [1.29, 1.82) is 0 Å². The van der Waals surface area contributed by atoms with E-state index < -0.39 is 0 Å². The van der Waals surface area contributed by atoms with Crippen molar-refractivity contribution in [1.82, 2.24) is 4.98 Å². The number of nitrogens with one attached hydrogen (secondary N) is 1. The van der Waals surface area contributed by atoms with Gasteiger partial charge in [-0.25, -0.2) is 0 Å². The Morgan fingerprint density at radius 1 is 1.12 bits per heavy atom. The van der Waals surface area contributed by atoms with Gasteiger partial charge in [-0.15, -0.1) is 0 Å². The molecular formula is C13H14N2O. The molecule has 0 fully saturated rings. The summed E-state index contributed by atoms with van der Waals surface area (Å²) in [6.07, 6.45) is 4.41. The summed E-state index contributed by atoms with van der Waals surface area (Å²) in [6, 6.07) is 9.90. The number of benzene rings is 1. The van der Waals surface area contributed by atoms with E-state index in [0.717, 1.165) is 28.8 Å². The maximum Gasteiger partial charge on any atom is 0.0640 e. The van der Waals surface area contributed by atoms with Crippen molar-refractivity contribution in [3.8, 4) is 11.1 Å². The Hall–Kier alpha value is -1.87. The van der Waals surface area contributed by atoms with Crippen LogP contribution in [-0.2, 0) is 6.42 Å². The minimum Gasteiger partial charge on any atom is -0.291 e. The highest BCUT2D eigenvalue weighted by Gasteiger charge is 2.03. The number of aromatic nitrogens is 1. The van der Waals surface area contributed by atoms with E-state index in [0.29, 0.717) is 0 Å². The largest absolute Gasteiger partial charge is 0.291 e. The molecule has 1 aromatic carbocycles. The summed E-state index contributed by atoms with van der Waals surface area (Å²) < 4.78 is 0. The number of hydrogen-bond acceptors (Lipinski definition) is 3. The Balaban J connectivity index is 2.44. The van der Waals surface area contributed by atoms with E-state index in [2.05, 4.69) is 23.5 Å². The molecule has 0 amide bonds. The average molecular weight is 214 g/mol. The van der Waals surface area contributed by atoms with Gasteiger partial charge in [-0.2, -0.15) is 0 Å². The van der Waals surface area contributed by atoms with Crippen LogP contribution in [-0.4, -0.2) is 10.2 Å².